The first-order chi connectivity index (χ1) is 6.81. The molecule has 0 aliphatic carbocycles. The molecule has 0 saturated carbocycles. The van der Waals surface area contributed by atoms with E-state index in [1.165, 1.54) is 0 Å². The molecule has 0 radical (unpaired) electrons. The molecule has 0 aromatic heterocycles. The maximum absolute atomic E-state index is 9.12. The van der Waals surface area contributed by atoms with Crippen LogP contribution < -0.4 is 0 Å². The van der Waals surface area contributed by atoms with Crippen molar-refractivity contribution >= 4 is 17.9 Å². The number of carboxylic acids is 3. The van der Waals surface area contributed by atoms with E-state index >= 15 is 0 Å². The number of carboxylic acid groups (broad SMARTS) is 3. The zero-order valence-corrected chi connectivity index (χ0v) is 9.59. The van der Waals surface area contributed by atoms with Crippen molar-refractivity contribution in [3.63, 3.8) is 0 Å². The topological polar surface area (TPSA) is 173 Å². The fourth-order valence-electron chi connectivity index (χ4n) is 0. The smallest absolute Gasteiger partial charge is 0.329 e. The van der Waals surface area contributed by atoms with Crippen molar-refractivity contribution < 1.29 is 66.7 Å². The first-order valence-electron chi connectivity index (χ1n) is 3.29. The molecule has 0 bridgehead atoms. The summed E-state index contributed by atoms with van der Waals surface area (Å²) in [6.45, 7) is -2.33. The second-order valence-electron chi connectivity index (χ2n) is 1.66. The molecule has 94 valence electrons. The van der Waals surface area contributed by atoms with E-state index in [1.807, 2.05) is 0 Å². The molecule has 10 heteroatoms. The first kappa shape index (κ1) is 24.3. The van der Waals surface area contributed by atoms with Crippen LogP contribution in [0, 0.1) is 0 Å². The van der Waals surface area contributed by atoms with Gasteiger partial charge in [-0.3, -0.25) is 0 Å². The fourth-order valence-corrected chi connectivity index (χ4v) is 0. The van der Waals surface area contributed by atoms with Crippen LogP contribution in [0.2, 0.25) is 0 Å². The molecule has 0 amide bonds. The Morgan fingerprint density at radius 2 is 0.688 bits per heavy atom. The van der Waals surface area contributed by atoms with Crippen molar-refractivity contribution in [2.45, 2.75) is 0 Å². The number of carbonyl (C=O) groups is 3. The van der Waals surface area contributed by atoms with Crippen molar-refractivity contribution in [1.82, 2.24) is 0 Å². The number of hydrogen-bond donors (Lipinski definition) is 6. The van der Waals surface area contributed by atoms with Gasteiger partial charge in [-0.2, -0.15) is 0 Å². The Labute approximate surface area is 105 Å². The molecule has 0 heterocycles. The molecule has 0 spiro atoms. The van der Waals surface area contributed by atoms with Crippen molar-refractivity contribution in [2.24, 2.45) is 0 Å². The first-order valence-corrected chi connectivity index (χ1v) is 3.29. The third-order valence-electron chi connectivity index (χ3n) is 0.406. The van der Waals surface area contributed by atoms with E-state index in [9.17, 15) is 0 Å². The molecule has 0 atom stereocenters. The van der Waals surface area contributed by atoms with Crippen LogP contribution in [0.15, 0.2) is 0 Å². The number of rotatable bonds is 3. The van der Waals surface area contributed by atoms with Crippen LogP contribution in [0.3, 0.4) is 0 Å². The van der Waals surface area contributed by atoms with E-state index in [1.54, 1.807) is 0 Å². The minimum atomic E-state index is -1.19. The van der Waals surface area contributed by atoms with Gasteiger partial charge in [0.2, 0.25) is 0 Å². The van der Waals surface area contributed by atoms with Crippen LogP contribution in [0.1, 0.15) is 0 Å². The number of aliphatic carboxylic acids is 3. The Balaban J connectivity index is -0.0000000655. The van der Waals surface area contributed by atoms with Gasteiger partial charge in [0, 0.05) is 21.7 Å². The molecule has 0 aromatic carbocycles. The third kappa shape index (κ3) is 74.8. The van der Waals surface area contributed by atoms with Crippen LogP contribution in [-0.4, -0.2) is 68.4 Å². The second kappa shape index (κ2) is 19.6. The van der Waals surface area contributed by atoms with Crippen molar-refractivity contribution in [2.75, 3.05) is 19.8 Å². The van der Waals surface area contributed by atoms with Gasteiger partial charge in [0.1, 0.15) is 19.8 Å². The number of hydrogen-bond acceptors (Lipinski definition) is 6. The van der Waals surface area contributed by atoms with Gasteiger partial charge in [0.15, 0.2) is 0 Å². The molecule has 16 heavy (non-hydrogen) atoms. The van der Waals surface area contributed by atoms with Crippen LogP contribution in [0.5, 0.6) is 0 Å². The van der Waals surface area contributed by atoms with E-state index < -0.39 is 37.7 Å². The Morgan fingerprint density at radius 1 is 0.625 bits per heavy atom. The summed E-state index contributed by atoms with van der Waals surface area (Å²) in [4.78, 5) is 27.4. The van der Waals surface area contributed by atoms with E-state index in [2.05, 4.69) is 0 Å². The van der Waals surface area contributed by atoms with Gasteiger partial charge in [-0.05, 0) is 0 Å². The summed E-state index contributed by atoms with van der Waals surface area (Å²) in [5, 5.41) is 45.0. The van der Waals surface area contributed by atoms with E-state index in [4.69, 9.17) is 45.0 Å². The summed E-state index contributed by atoms with van der Waals surface area (Å²) in [6.07, 6.45) is 0. The molecule has 0 aliphatic rings. The Morgan fingerprint density at radius 3 is 0.688 bits per heavy atom. The molecule has 6 N–H and O–H groups in total. The summed E-state index contributed by atoms with van der Waals surface area (Å²) < 4.78 is 0. The van der Waals surface area contributed by atoms with Gasteiger partial charge in [-0.25, -0.2) is 14.4 Å². The van der Waals surface area contributed by atoms with Gasteiger partial charge < -0.3 is 30.6 Å². The van der Waals surface area contributed by atoms with Crippen molar-refractivity contribution in [1.29, 1.82) is 0 Å². The predicted molar refractivity (Wildman–Crippen MR) is 44.2 cm³/mol. The molecular formula is C6H12O9Ti. The second-order valence-corrected chi connectivity index (χ2v) is 1.66. The van der Waals surface area contributed by atoms with Gasteiger partial charge in [0.05, 0.1) is 0 Å². The van der Waals surface area contributed by atoms with E-state index in [0.29, 0.717) is 0 Å². The quantitative estimate of drug-likeness (QED) is 0.297. The van der Waals surface area contributed by atoms with E-state index in [-0.39, 0.29) is 21.7 Å². The summed E-state index contributed by atoms with van der Waals surface area (Å²) in [6, 6.07) is 0. The predicted octanol–water partition coefficient (Wildman–Crippen LogP) is -2.81. The zero-order chi connectivity index (χ0) is 12.9. The summed E-state index contributed by atoms with van der Waals surface area (Å²) in [7, 11) is 0. The van der Waals surface area contributed by atoms with Crippen molar-refractivity contribution in [3.05, 3.63) is 0 Å². The standard InChI is InChI=1S/3C2H4O3.Ti/c3*3-1-2(4)5;/h3*3H,1H2,(H,4,5);. The maximum Gasteiger partial charge on any atom is 0.329 e. The molecule has 9 nitrogen and oxygen atoms in total. The van der Waals surface area contributed by atoms with Gasteiger partial charge in [-0.15, -0.1) is 0 Å². The average Bonchev–Trinajstić information content (AvgIpc) is 2.19. The number of aliphatic hydroxyl groups excluding tert-OH is 3. The fraction of sp³-hybridized carbons (Fsp3) is 0.500. The minimum absolute atomic E-state index is 0. The molecule has 0 aromatic rings. The molecule has 0 aliphatic heterocycles. The molecule has 0 unspecified atom stereocenters. The Bertz CT molecular complexity index is 159. The normalized spacial score (nSPS) is 6.94. The van der Waals surface area contributed by atoms with Crippen LogP contribution in [-0.2, 0) is 36.1 Å². The maximum atomic E-state index is 9.12. The average molecular weight is 276 g/mol. The zero-order valence-electron chi connectivity index (χ0n) is 8.03. The van der Waals surface area contributed by atoms with Crippen molar-refractivity contribution in [3.8, 4) is 0 Å². The molecular weight excluding hydrogens is 264 g/mol. The van der Waals surface area contributed by atoms with Gasteiger partial charge >= 0.3 is 17.9 Å². The molecule has 0 fully saturated rings. The monoisotopic (exact) mass is 276 g/mol. The summed E-state index contributed by atoms with van der Waals surface area (Å²) in [5.41, 5.74) is 0. The van der Waals surface area contributed by atoms with Crippen LogP contribution in [0.25, 0.3) is 0 Å². The molecule has 0 rings (SSSR count). The Kier molecular flexibility index (Phi) is 29.7. The van der Waals surface area contributed by atoms with E-state index in [0.717, 1.165) is 0 Å². The SMILES string of the molecule is O=C(O)CO.O=C(O)CO.O=C(O)CO.[Ti]. The third-order valence-corrected chi connectivity index (χ3v) is 0.406. The molecule has 0 saturated heterocycles. The summed E-state index contributed by atoms with van der Waals surface area (Å²) >= 11 is 0. The number of aliphatic hydroxyl groups is 3. The van der Waals surface area contributed by atoms with Gasteiger partial charge in [0.25, 0.3) is 0 Å². The largest absolute Gasteiger partial charge is 0.480 e. The van der Waals surface area contributed by atoms with Gasteiger partial charge in [-0.1, -0.05) is 0 Å². The van der Waals surface area contributed by atoms with Crippen LogP contribution in [0.4, 0.5) is 0 Å². The van der Waals surface area contributed by atoms with Crippen LogP contribution >= 0.6 is 0 Å². The summed E-state index contributed by atoms with van der Waals surface area (Å²) in [5.74, 6) is -3.57. The minimum Gasteiger partial charge on any atom is -0.480 e. The Hall–Kier alpha value is -0.996.